The van der Waals surface area contributed by atoms with Gasteiger partial charge < -0.3 is 25.5 Å². The molecule has 0 radical (unpaired) electrons. The Labute approximate surface area is 220 Å². The number of furan rings is 1. The minimum absolute atomic E-state index is 0.0139. The fourth-order valence-electron chi connectivity index (χ4n) is 3.29. The number of nitrogens with one attached hydrogen (secondary N) is 3. The Bertz CT molecular complexity index is 1210. The van der Waals surface area contributed by atoms with Gasteiger partial charge in [-0.05, 0) is 41.3 Å². The van der Waals surface area contributed by atoms with Crippen molar-refractivity contribution in [1.82, 2.24) is 16.0 Å². The Hall–Kier alpha value is -3.34. The van der Waals surface area contributed by atoms with E-state index in [1.54, 1.807) is 35.9 Å². The summed E-state index contributed by atoms with van der Waals surface area (Å²) in [4.78, 5) is 49.1. The monoisotopic (exact) mass is 551 g/mol. The first kappa shape index (κ1) is 27.3. The van der Waals surface area contributed by atoms with Gasteiger partial charge in [-0.2, -0.15) is 0 Å². The summed E-state index contributed by atoms with van der Waals surface area (Å²) in [6.45, 7) is 1.66. The standard InChI is InChI=1S/C24H23Cl2N3O6S/c1-13(18-4-2-6-35-18)8-20(30)27-11-14-9-15(25)21(16(26)10-14)23(32)29-17(24(33)34)12-28-22(31)19-5-3-7-36-19/h2-7,9-10,13,17H,8,11-12H2,1H3,(H,27,30)(H,28,31)(H,29,32)(H,33,34)/t13?,17-/m0/s1. The number of amides is 3. The minimum atomic E-state index is -1.41. The molecule has 1 aromatic carbocycles. The molecule has 3 aromatic rings. The summed E-state index contributed by atoms with van der Waals surface area (Å²) in [7, 11) is 0. The topological polar surface area (TPSA) is 138 Å². The van der Waals surface area contributed by atoms with Crippen molar-refractivity contribution in [3.8, 4) is 0 Å². The number of carbonyl (C=O) groups excluding carboxylic acids is 3. The summed E-state index contributed by atoms with van der Waals surface area (Å²) in [6.07, 6.45) is 1.76. The second-order valence-corrected chi connectivity index (χ2v) is 9.65. The lowest BCUT2D eigenvalue weighted by Crippen LogP contribution is -2.48. The van der Waals surface area contributed by atoms with Crippen LogP contribution >= 0.6 is 34.5 Å². The fraction of sp³-hybridized carbons (Fsp3) is 0.250. The molecule has 0 aliphatic carbocycles. The first-order valence-electron chi connectivity index (χ1n) is 10.8. The number of benzene rings is 1. The van der Waals surface area contributed by atoms with E-state index in [1.807, 2.05) is 6.92 Å². The summed E-state index contributed by atoms with van der Waals surface area (Å²) in [5, 5.41) is 18.7. The third-order valence-corrected chi connectivity index (χ3v) is 6.62. The largest absolute Gasteiger partial charge is 0.480 e. The van der Waals surface area contributed by atoms with Gasteiger partial charge in [-0.1, -0.05) is 36.2 Å². The summed E-state index contributed by atoms with van der Waals surface area (Å²) in [5.74, 6) is -2.21. The van der Waals surface area contributed by atoms with Crippen LogP contribution in [0.2, 0.25) is 10.0 Å². The average Bonchev–Trinajstić information content (AvgIpc) is 3.54. The molecular weight excluding hydrogens is 529 g/mol. The predicted molar refractivity (Wildman–Crippen MR) is 136 cm³/mol. The number of halogens is 2. The Kier molecular flexibility index (Phi) is 9.51. The van der Waals surface area contributed by atoms with Crippen LogP contribution in [0.1, 0.15) is 50.6 Å². The molecule has 0 saturated carbocycles. The number of carbonyl (C=O) groups is 4. The predicted octanol–water partition coefficient (Wildman–Crippen LogP) is 4.07. The Balaban J connectivity index is 1.58. The maximum Gasteiger partial charge on any atom is 0.328 e. The number of rotatable bonds is 11. The molecule has 0 fully saturated rings. The van der Waals surface area contributed by atoms with E-state index in [-0.39, 0.29) is 46.9 Å². The molecule has 1 unspecified atom stereocenters. The molecule has 0 spiro atoms. The summed E-state index contributed by atoms with van der Waals surface area (Å²) in [5.41, 5.74) is 0.439. The lowest BCUT2D eigenvalue weighted by Gasteiger charge is -2.17. The van der Waals surface area contributed by atoms with E-state index in [9.17, 15) is 24.3 Å². The number of thiophene rings is 1. The molecule has 9 nitrogen and oxygen atoms in total. The highest BCUT2D eigenvalue weighted by molar-refractivity contribution is 7.12. The average molecular weight is 552 g/mol. The lowest BCUT2D eigenvalue weighted by atomic mass is 10.0. The highest BCUT2D eigenvalue weighted by atomic mass is 35.5. The van der Waals surface area contributed by atoms with E-state index in [4.69, 9.17) is 27.6 Å². The summed E-state index contributed by atoms with van der Waals surface area (Å²) >= 11 is 13.7. The molecule has 3 amide bonds. The summed E-state index contributed by atoms with van der Waals surface area (Å²) in [6, 6.07) is 8.36. The van der Waals surface area contributed by atoms with Gasteiger partial charge in [-0.25, -0.2) is 4.79 Å². The smallest absolute Gasteiger partial charge is 0.328 e. The number of carboxylic acid groups (broad SMARTS) is 1. The van der Waals surface area contributed by atoms with Gasteiger partial charge in [0.15, 0.2) is 0 Å². The molecule has 0 saturated heterocycles. The minimum Gasteiger partial charge on any atom is -0.480 e. The molecule has 3 rings (SSSR count). The number of hydrogen-bond donors (Lipinski definition) is 4. The molecule has 2 atom stereocenters. The molecule has 12 heteroatoms. The van der Waals surface area contributed by atoms with Gasteiger partial charge in [0.1, 0.15) is 11.8 Å². The molecule has 190 valence electrons. The van der Waals surface area contributed by atoms with Crippen molar-refractivity contribution in [3.63, 3.8) is 0 Å². The second-order valence-electron chi connectivity index (χ2n) is 7.88. The Morgan fingerprint density at radius 3 is 2.36 bits per heavy atom. The van der Waals surface area contributed by atoms with E-state index in [2.05, 4.69) is 16.0 Å². The fourth-order valence-corrected chi connectivity index (χ4v) is 4.63. The van der Waals surface area contributed by atoms with Crippen molar-refractivity contribution in [3.05, 3.63) is 79.9 Å². The van der Waals surface area contributed by atoms with E-state index in [1.165, 1.54) is 23.5 Å². The molecular formula is C24H23Cl2N3O6S. The van der Waals surface area contributed by atoms with Gasteiger partial charge in [-0.15, -0.1) is 11.3 Å². The van der Waals surface area contributed by atoms with Crippen LogP contribution in [0.4, 0.5) is 0 Å². The zero-order valence-corrected chi connectivity index (χ0v) is 21.4. The van der Waals surface area contributed by atoms with Gasteiger partial charge >= 0.3 is 5.97 Å². The van der Waals surface area contributed by atoms with E-state index in [0.717, 1.165) is 0 Å². The third-order valence-electron chi connectivity index (χ3n) is 5.15. The van der Waals surface area contributed by atoms with Gasteiger partial charge in [0, 0.05) is 25.4 Å². The summed E-state index contributed by atoms with van der Waals surface area (Å²) < 4.78 is 5.30. The van der Waals surface area contributed by atoms with E-state index < -0.39 is 23.8 Å². The number of aliphatic carboxylic acids is 1. The van der Waals surface area contributed by atoms with E-state index >= 15 is 0 Å². The molecule has 0 aliphatic heterocycles. The Morgan fingerprint density at radius 2 is 1.78 bits per heavy atom. The van der Waals surface area contributed by atoms with Crippen molar-refractivity contribution >= 4 is 58.2 Å². The first-order valence-corrected chi connectivity index (χ1v) is 12.4. The zero-order chi connectivity index (χ0) is 26.2. The third kappa shape index (κ3) is 7.33. The zero-order valence-electron chi connectivity index (χ0n) is 19.0. The van der Waals surface area contributed by atoms with Crippen LogP contribution in [0, 0.1) is 0 Å². The molecule has 0 bridgehead atoms. The van der Waals surface area contributed by atoms with Crippen LogP contribution in [0.15, 0.2) is 52.5 Å². The quantitative estimate of drug-likeness (QED) is 0.283. The van der Waals surface area contributed by atoms with Crippen LogP contribution in [0.3, 0.4) is 0 Å². The SMILES string of the molecule is CC(CC(=O)NCc1cc(Cl)c(C(=O)N[C@@H](CNC(=O)c2cccs2)C(=O)O)c(Cl)c1)c1ccco1. The molecule has 0 aliphatic rings. The van der Waals surface area contributed by atoms with Gasteiger partial charge in [-0.3, -0.25) is 14.4 Å². The normalized spacial score (nSPS) is 12.4. The second kappa shape index (κ2) is 12.6. The maximum absolute atomic E-state index is 12.8. The maximum atomic E-state index is 12.8. The van der Waals surface area contributed by atoms with Gasteiger partial charge in [0.2, 0.25) is 5.91 Å². The van der Waals surface area contributed by atoms with Crippen molar-refractivity contribution in [2.24, 2.45) is 0 Å². The van der Waals surface area contributed by atoms with Crippen LogP contribution in [0.25, 0.3) is 0 Å². The molecule has 2 heterocycles. The van der Waals surface area contributed by atoms with Crippen LogP contribution in [-0.4, -0.2) is 41.4 Å². The molecule has 36 heavy (non-hydrogen) atoms. The van der Waals surface area contributed by atoms with Crippen LogP contribution in [-0.2, 0) is 16.1 Å². The van der Waals surface area contributed by atoms with Gasteiger partial charge in [0.25, 0.3) is 11.8 Å². The highest BCUT2D eigenvalue weighted by Gasteiger charge is 2.25. The lowest BCUT2D eigenvalue weighted by molar-refractivity contribution is -0.139. The van der Waals surface area contributed by atoms with Crippen molar-refractivity contribution in [2.45, 2.75) is 31.8 Å². The molecule has 4 N–H and O–H groups in total. The van der Waals surface area contributed by atoms with Gasteiger partial charge in [0.05, 0.1) is 26.7 Å². The molecule has 2 aromatic heterocycles. The Morgan fingerprint density at radius 1 is 1.06 bits per heavy atom. The van der Waals surface area contributed by atoms with Crippen molar-refractivity contribution in [1.29, 1.82) is 0 Å². The number of carboxylic acids is 1. The van der Waals surface area contributed by atoms with E-state index in [0.29, 0.717) is 16.2 Å². The van der Waals surface area contributed by atoms with Crippen molar-refractivity contribution < 1.29 is 28.7 Å². The van der Waals surface area contributed by atoms with Crippen LogP contribution in [0.5, 0.6) is 0 Å². The number of hydrogen-bond acceptors (Lipinski definition) is 6. The first-order chi connectivity index (χ1) is 17.2. The van der Waals surface area contributed by atoms with Crippen molar-refractivity contribution in [2.75, 3.05) is 6.54 Å². The van der Waals surface area contributed by atoms with Crippen LogP contribution < -0.4 is 16.0 Å². The highest BCUT2D eigenvalue weighted by Crippen LogP contribution is 2.27.